The first-order valence-electron chi connectivity index (χ1n) is 5.91. The molecule has 0 aliphatic rings. The summed E-state index contributed by atoms with van der Waals surface area (Å²) in [6.07, 6.45) is 0.576. The van der Waals surface area contributed by atoms with Gasteiger partial charge in [-0.2, -0.15) is 0 Å². The molecule has 4 heteroatoms. The molecule has 0 aromatic heterocycles. The standard InChI is InChI=1S/C15H13Br2FO/c16-12-3-1-2-10(6-12)7-14(19)8-11-4-5-13(18)9-15(11)17/h1-6,9,14,19H,7-8H2. The van der Waals surface area contributed by atoms with Crippen LogP contribution in [0, 0.1) is 5.82 Å². The first-order valence-corrected chi connectivity index (χ1v) is 7.49. The van der Waals surface area contributed by atoms with Crippen molar-refractivity contribution < 1.29 is 9.50 Å². The van der Waals surface area contributed by atoms with Crippen LogP contribution in [-0.4, -0.2) is 11.2 Å². The van der Waals surface area contributed by atoms with Gasteiger partial charge in [0, 0.05) is 8.95 Å². The van der Waals surface area contributed by atoms with Crippen molar-refractivity contribution >= 4 is 31.9 Å². The Morgan fingerprint density at radius 2 is 1.84 bits per heavy atom. The molecular formula is C15H13Br2FO. The van der Waals surface area contributed by atoms with E-state index in [1.54, 1.807) is 6.07 Å². The lowest BCUT2D eigenvalue weighted by Gasteiger charge is -2.12. The Balaban J connectivity index is 2.03. The Bertz CT molecular complexity index is 572. The van der Waals surface area contributed by atoms with E-state index in [1.165, 1.54) is 12.1 Å². The minimum absolute atomic E-state index is 0.280. The molecule has 0 saturated heterocycles. The average molecular weight is 388 g/mol. The van der Waals surface area contributed by atoms with Crippen molar-refractivity contribution in [1.82, 2.24) is 0 Å². The molecule has 100 valence electrons. The minimum atomic E-state index is -0.490. The number of aliphatic hydroxyl groups is 1. The molecule has 2 aromatic carbocycles. The van der Waals surface area contributed by atoms with E-state index in [1.807, 2.05) is 24.3 Å². The summed E-state index contributed by atoms with van der Waals surface area (Å²) < 4.78 is 14.7. The average Bonchev–Trinajstić information content (AvgIpc) is 2.33. The largest absolute Gasteiger partial charge is 0.392 e. The zero-order valence-electron chi connectivity index (χ0n) is 10.1. The second kappa shape index (κ2) is 6.64. The highest BCUT2D eigenvalue weighted by Gasteiger charge is 2.10. The Kier molecular flexibility index (Phi) is 5.13. The Morgan fingerprint density at radius 1 is 1.05 bits per heavy atom. The van der Waals surface area contributed by atoms with E-state index in [2.05, 4.69) is 31.9 Å². The summed E-state index contributed by atoms with van der Waals surface area (Å²) in [5, 5.41) is 10.1. The molecule has 0 heterocycles. The molecule has 0 aliphatic carbocycles. The molecule has 1 N–H and O–H groups in total. The topological polar surface area (TPSA) is 20.2 Å². The van der Waals surface area contributed by atoms with E-state index in [-0.39, 0.29) is 5.82 Å². The van der Waals surface area contributed by atoms with Crippen LogP contribution in [0.3, 0.4) is 0 Å². The molecule has 2 rings (SSSR count). The fourth-order valence-electron chi connectivity index (χ4n) is 1.95. The van der Waals surface area contributed by atoms with Gasteiger partial charge < -0.3 is 5.11 Å². The molecule has 0 radical (unpaired) electrons. The maximum absolute atomic E-state index is 13.0. The summed E-state index contributed by atoms with van der Waals surface area (Å²) in [6, 6.07) is 12.4. The first kappa shape index (κ1) is 14.7. The second-order valence-electron chi connectivity index (χ2n) is 4.43. The highest BCUT2D eigenvalue weighted by atomic mass is 79.9. The van der Waals surface area contributed by atoms with Gasteiger partial charge in [0.1, 0.15) is 5.82 Å². The zero-order valence-corrected chi connectivity index (χ0v) is 13.3. The van der Waals surface area contributed by atoms with Crippen molar-refractivity contribution in [2.24, 2.45) is 0 Å². The van der Waals surface area contributed by atoms with Crippen LogP contribution in [0.5, 0.6) is 0 Å². The lowest BCUT2D eigenvalue weighted by Crippen LogP contribution is -2.14. The van der Waals surface area contributed by atoms with Gasteiger partial charge in [0.2, 0.25) is 0 Å². The Hall–Kier alpha value is -0.710. The van der Waals surface area contributed by atoms with Crippen molar-refractivity contribution in [2.45, 2.75) is 18.9 Å². The quantitative estimate of drug-likeness (QED) is 0.818. The third-order valence-corrected chi connectivity index (χ3v) is 4.06. The molecule has 2 aromatic rings. The number of hydrogen-bond donors (Lipinski definition) is 1. The number of benzene rings is 2. The molecule has 0 fully saturated rings. The maximum Gasteiger partial charge on any atom is 0.124 e. The molecular weight excluding hydrogens is 375 g/mol. The van der Waals surface area contributed by atoms with Crippen molar-refractivity contribution in [3.05, 3.63) is 68.4 Å². The molecule has 0 bridgehead atoms. The third kappa shape index (κ3) is 4.41. The number of halogens is 3. The molecule has 0 saturated carbocycles. The second-order valence-corrected chi connectivity index (χ2v) is 6.20. The number of rotatable bonds is 4. The summed E-state index contributed by atoms with van der Waals surface area (Å²) >= 11 is 6.72. The molecule has 1 atom stereocenters. The van der Waals surface area contributed by atoms with E-state index in [4.69, 9.17) is 0 Å². The summed E-state index contributed by atoms with van der Waals surface area (Å²) in [6.45, 7) is 0. The van der Waals surface area contributed by atoms with Crippen LogP contribution in [0.4, 0.5) is 4.39 Å². The van der Waals surface area contributed by atoms with Gasteiger partial charge in [0.05, 0.1) is 6.10 Å². The van der Waals surface area contributed by atoms with Crippen molar-refractivity contribution in [3.8, 4) is 0 Å². The number of aliphatic hydroxyl groups excluding tert-OH is 1. The van der Waals surface area contributed by atoms with Gasteiger partial charge >= 0.3 is 0 Å². The van der Waals surface area contributed by atoms with E-state index < -0.39 is 6.10 Å². The number of hydrogen-bond acceptors (Lipinski definition) is 1. The van der Waals surface area contributed by atoms with Crippen molar-refractivity contribution in [1.29, 1.82) is 0 Å². The summed E-state index contributed by atoms with van der Waals surface area (Å²) in [5.41, 5.74) is 1.98. The van der Waals surface area contributed by atoms with E-state index in [0.29, 0.717) is 17.3 Å². The van der Waals surface area contributed by atoms with Crippen LogP contribution < -0.4 is 0 Å². The summed E-state index contributed by atoms with van der Waals surface area (Å²) in [7, 11) is 0. The van der Waals surface area contributed by atoms with Gasteiger partial charge in [0.15, 0.2) is 0 Å². The first-order chi connectivity index (χ1) is 9.04. The highest BCUT2D eigenvalue weighted by molar-refractivity contribution is 9.10. The van der Waals surface area contributed by atoms with Crippen LogP contribution >= 0.6 is 31.9 Å². The summed E-state index contributed by atoms with van der Waals surface area (Å²) in [5.74, 6) is -0.280. The third-order valence-electron chi connectivity index (χ3n) is 2.83. The molecule has 0 aliphatic heterocycles. The zero-order chi connectivity index (χ0) is 13.8. The smallest absolute Gasteiger partial charge is 0.124 e. The van der Waals surface area contributed by atoms with Crippen LogP contribution in [0.25, 0.3) is 0 Å². The molecule has 0 amide bonds. The highest BCUT2D eigenvalue weighted by Crippen LogP contribution is 2.21. The van der Waals surface area contributed by atoms with E-state index in [0.717, 1.165) is 15.6 Å². The van der Waals surface area contributed by atoms with Crippen LogP contribution in [-0.2, 0) is 12.8 Å². The van der Waals surface area contributed by atoms with Crippen LogP contribution in [0.1, 0.15) is 11.1 Å². The van der Waals surface area contributed by atoms with E-state index >= 15 is 0 Å². The lowest BCUT2D eigenvalue weighted by molar-refractivity contribution is 0.175. The molecule has 1 unspecified atom stereocenters. The normalized spacial score (nSPS) is 12.4. The van der Waals surface area contributed by atoms with Gasteiger partial charge in [-0.1, -0.05) is 50.1 Å². The monoisotopic (exact) mass is 386 g/mol. The Labute approximate surface area is 128 Å². The van der Waals surface area contributed by atoms with Gasteiger partial charge in [-0.3, -0.25) is 0 Å². The summed E-state index contributed by atoms with van der Waals surface area (Å²) in [4.78, 5) is 0. The fourth-order valence-corrected chi connectivity index (χ4v) is 2.91. The van der Waals surface area contributed by atoms with Crippen molar-refractivity contribution in [3.63, 3.8) is 0 Å². The molecule has 1 nitrogen and oxygen atoms in total. The predicted octanol–water partition coefficient (Wildman–Crippen LogP) is 4.50. The van der Waals surface area contributed by atoms with Crippen LogP contribution in [0.15, 0.2) is 51.4 Å². The molecule has 0 spiro atoms. The van der Waals surface area contributed by atoms with Gasteiger partial charge in [-0.15, -0.1) is 0 Å². The predicted molar refractivity (Wildman–Crippen MR) is 81.7 cm³/mol. The van der Waals surface area contributed by atoms with Gasteiger partial charge in [-0.05, 0) is 48.2 Å². The lowest BCUT2D eigenvalue weighted by atomic mass is 10.0. The maximum atomic E-state index is 13.0. The minimum Gasteiger partial charge on any atom is -0.392 e. The van der Waals surface area contributed by atoms with Crippen LogP contribution in [0.2, 0.25) is 0 Å². The van der Waals surface area contributed by atoms with Crippen molar-refractivity contribution in [2.75, 3.05) is 0 Å². The van der Waals surface area contributed by atoms with E-state index in [9.17, 15) is 9.50 Å². The fraction of sp³-hybridized carbons (Fsp3) is 0.200. The Morgan fingerprint density at radius 3 is 2.53 bits per heavy atom. The SMILES string of the molecule is OC(Cc1cccc(Br)c1)Cc1ccc(F)cc1Br. The van der Waals surface area contributed by atoms with Gasteiger partial charge in [0.25, 0.3) is 0 Å². The van der Waals surface area contributed by atoms with Gasteiger partial charge in [-0.25, -0.2) is 4.39 Å². The molecule has 19 heavy (non-hydrogen) atoms.